The Morgan fingerprint density at radius 2 is 1.92 bits per heavy atom. The van der Waals surface area contributed by atoms with Crippen LogP contribution in [0.15, 0.2) is 42.5 Å². The summed E-state index contributed by atoms with van der Waals surface area (Å²) in [5.41, 5.74) is 1.60. The molecule has 2 rings (SSSR count). The summed E-state index contributed by atoms with van der Waals surface area (Å²) in [5.74, 6) is 0.345. The third-order valence-electron chi connectivity index (χ3n) is 3.40. The zero-order valence-electron chi connectivity index (χ0n) is 13.5. The maximum Gasteiger partial charge on any atom is 0.293 e. The van der Waals surface area contributed by atoms with Crippen LogP contribution >= 0.6 is 0 Å². The summed E-state index contributed by atoms with van der Waals surface area (Å²) in [6.07, 6.45) is 0. The normalized spacial score (nSPS) is 10.1. The van der Waals surface area contributed by atoms with Crippen LogP contribution in [0, 0.1) is 17.0 Å². The van der Waals surface area contributed by atoms with E-state index >= 15 is 0 Å². The van der Waals surface area contributed by atoms with Crippen LogP contribution < -0.4 is 15.4 Å². The van der Waals surface area contributed by atoms with E-state index < -0.39 is 4.92 Å². The zero-order valence-corrected chi connectivity index (χ0v) is 13.5. The fraction of sp³-hybridized carbons (Fsp3) is 0.235. The summed E-state index contributed by atoms with van der Waals surface area (Å²) in [6.45, 7) is 2.60. The van der Waals surface area contributed by atoms with Crippen molar-refractivity contribution in [2.75, 3.05) is 25.5 Å². The van der Waals surface area contributed by atoms with Gasteiger partial charge in [-0.15, -0.1) is 0 Å². The molecule has 0 aliphatic carbocycles. The van der Waals surface area contributed by atoms with Gasteiger partial charge in [0.25, 0.3) is 11.6 Å². The van der Waals surface area contributed by atoms with E-state index in [0.29, 0.717) is 18.8 Å². The Morgan fingerprint density at radius 3 is 2.54 bits per heavy atom. The van der Waals surface area contributed by atoms with Gasteiger partial charge in [-0.05, 0) is 31.2 Å². The van der Waals surface area contributed by atoms with Gasteiger partial charge in [0.1, 0.15) is 18.0 Å². The van der Waals surface area contributed by atoms with Gasteiger partial charge in [0, 0.05) is 18.7 Å². The minimum absolute atomic E-state index is 0.138. The van der Waals surface area contributed by atoms with E-state index in [4.69, 9.17) is 4.74 Å². The Bertz CT molecular complexity index is 729. The van der Waals surface area contributed by atoms with Crippen LogP contribution in [0.3, 0.4) is 0 Å². The molecule has 2 aromatic carbocycles. The van der Waals surface area contributed by atoms with Crippen LogP contribution in [-0.2, 0) is 0 Å². The van der Waals surface area contributed by atoms with Crippen molar-refractivity contribution in [2.45, 2.75) is 6.92 Å². The van der Waals surface area contributed by atoms with Crippen LogP contribution in [0.4, 0.5) is 11.4 Å². The fourth-order valence-corrected chi connectivity index (χ4v) is 2.11. The number of hydrogen-bond acceptors (Lipinski definition) is 5. The second-order valence-corrected chi connectivity index (χ2v) is 5.16. The molecule has 0 fully saturated rings. The second kappa shape index (κ2) is 7.96. The molecule has 0 bridgehead atoms. The third-order valence-corrected chi connectivity index (χ3v) is 3.40. The molecule has 0 aliphatic rings. The largest absolute Gasteiger partial charge is 0.492 e. The molecule has 7 nitrogen and oxygen atoms in total. The van der Waals surface area contributed by atoms with Crippen molar-refractivity contribution in [2.24, 2.45) is 0 Å². The Morgan fingerprint density at radius 1 is 1.21 bits per heavy atom. The smallest absolute Gasteiger partial charge is 0.293 e. The van der Waals surface area contributed by atoms with Crippen molar-refractivity contribution < 1.29 is 14.5 Å². The van der Waals surface area contributed by atoms with Crippen molar-refractivity contribution in [3.05, 3.63) is 63.7 Å². The highest BCUT2D eigenvalue weighted by Crippen LogP contribution is 2.24. The lowest BCUT2D eigenvalue weighted by Gasteiger charge is -2.09. The van der Waals surface area contributed by atoms with E-state index in [9.17, 15) is 14.9 Å². The Kier molecular flexibility index (Phi) is 5.73. The van der Waals surface area contributed by atoms with Crippen molar-refractivity contribution in [3.63, 3.8) is 0 Å². The van der Waals surface area contributed by atoms with Gasteiger partial charge < -0.3 is 15.4 Å². The van der Waals surface area contributed by atoms with Gasteiger partial charge in [-0.25, -0.2) is 0 Å². The molecule has 0 aromatic heterocycles. The van der Waals surface area contributed by atoms with E-state index in [1.54, 1.807) is 7.05 Å². The standard InChI is InChI=1S/C17H19N3O4/c1-12-3-6-14(7-4-12)24-10-9-19-17(21)13-5-8-15(18-2)16(11-13)20(22)23/h3-8,11,18H,9-10H2,1-2H3,(H,19,21). The highest BCUT2D eigenvalue weighted by Gasteiger charge is 2.16. The number of ether oxygens (including phenoxy) is 1. The number of carbonyl (C=O) groups is 1. The summed E-state index contributed by atoms with van der Waals surface area (Å²) in [6, 6.07) is 11.9. The number of nitro benzene ring substituents is 1. The average molecular weight is 329 g/mol. The van der Waals surface area contributed by atoms with Crippen LogP contribution in [0.25, 0.3) is 0 Å². The maximum atomic E-state index is 12.1. The fourth-order valence-electron chi connectivity index (χ4n) is 2.11. The molecule has 1 amide bonds. The lowest BCUT2D eigenvalue weighted by atomic mass is 10.1. The van der Waals surface area contributed by atoms with Gasteiger partial charge in [0.15, 0.2) is 0 Å². The molecule has 24 heavy (non-hydrogen) atoms. The number of nitrogens with zero attached hydrogens (tertiary/aromatic N) is 1. The van der Waals surface area contributed by atoms with Crippen molar-refractivity contribution in [1.29, 1.82) is 0 Å². The van der Waals surface area contributed by atoms with Gasteiger partial charge in [-0.3, -0.25) is 14.9 Å². The Balaban J connectivity index is 1.89. The third kappa shape index (κ3) is 4.45. The molecule has 0 saturated carbocycles. The molecule has 7 heteroatoms. The second-order valence-electron chi connectivity index (χ2n) is 5.16. The van der Waals surface area contributed by atoms with Crippen LogP contribution in [0.5, 0.6) is 5.75 Å². The number of nitro groups is 1. The average Bonchev–Trinajstić information content (AvgIpc) is 2.59. The van der Waals surface area contributed by atoms with Crippen molar-refractivity contribution in [1.82, 2.24) is 5.32 Å². The molecule has 0 radical (unpaired) electrons. The number of nitrogens with one attached hydrogen (secondary N) is 2. The quantitative estimate of drug-likeness (QED) is 0.463. The minimum Gasteiger partial charge on any atom is -0.492 e. The maximum absolute atomic E-state index is 12.1. The number of aryl methyl sites for hydroxylation is 1. The molecule has 2 N–H and O–H groups in total. The van der Waals surface area contributed by atoms with Crippen LogP contribution in [-0.4, -0.2) is 31.0 Å². The first-order chi connectivity index (χ1) is 11.5. The van der Waals surface area contributed by atoms with E-state index in [1.165, 1.54) is 18.2 Å². The molecule has 0 heterocycles. The summed E-state index contributed by atoms with van der Waals surface area (Å²) >= 11 is 0. The predicted molar refractivity (Wildman–Crippen MR) is 91.7 cm³/mol. The number of hydrogen-bond donors (Lipinski definition) is 2. The Hall–Kier alpha value is -3.09. The summed E-state index contributed by atoms with van der Waals surface area (Å²) in [5, 5.41) is 16.4. The zero-order chi connectivity index (χ0) is 17.5. The molecule has 0 saturated heterocycles. The Labute approximate surface area is 139 Å². The predicted octanol–water partition coefficient (Wildman–Crippen LogP) is 2.75. The van der Waals surface area contributed by atoms with Gasteiger partial charge in [-0.2, -0.15) is 0 Å². The summed E-state index contributed by atoms with van der Waals surface area (Å²) < 4.78 is 5.51. The first-order valence-electron chi connectivity index (χ1n) is 7.45. The van der Waals surface area contributed by atoms with Crippen molar-refractivity contribution >= 4 is 17.3 Å². The van der Waals surface area contributed by atoms with Gasteiger partial charge >= 0.3 is 0 Å². The van der Waals surface area contributed by atoms with E-state index in [-0.39, 0.29) is 17.2 Å². The topological polar surface area (TPSA) is 93.5 Å². The number of benzene rings is 2. The molecule has 0 atom stereocenters. The molecular weight excluding hydrogens is 310 g/mol. The summed E-state index contributed by atoms with van der Waals surface area (Å²) in [7, 11) is 1.59. The van der Waals surface area contributed by atoms with Crippen molar-refractivity contribution in [3.8, 4) is 5.75 Å². The lowest BCUT2D eigenvalue weighted by molar-refractivity contribution is -0.384. The molecule has 126 valence electrons. The lowest BCUT2D eigenvalue weighted by Crippen LogP contribution is -2.28. The summed E-state index contributed by atoms with van der Waals surface area (Å²) in [4.78, 5) is 22.6. The monoisotopic (exact) mass is 329 g/mol. The van der Waals surface area contributed by atoms with Crippen LogP contribution in [0.1, 0.15) is 15.9 Å². The van der Waals surface area contributed by atoms with Crippen LogP contribution in [0.2, 0.25) is 0 Å². The molecule has 2 aromatic rings. The van der Waals surface area contributed by atoms with E-state index in [2.05, 4.69) is 10.6 Å². The van der Waals surface area contributed by atoms with Gasteiger partial charge in [-0.1, -0.05) is 17.7 Å². The highest BCUT2D eigenvalue weighted by atomic mass is 16.6. The first-order valence-corrected chi connectivity index (χ1v) is 7.45. The minimum atomic E-state index is -0.525. The van der Waals surface area contributed by atoms with Gasteiger partial charge in [0.05, 0.1) is 11.5 Å². The number of rotatable bonds is 7. The molecular formula is C17H19N3O4. The molecule has 0 unspecified atom stereocenters. The SMILES string of the molecule is CNc1ccc(C(=O)NCCOc2ccc(C)cc2)cc1[N+](=O)[O-]. The first kappa shape index (κ1) is 17.3. The molecule has 0 aliphatic heterocycles. The number of amides is 1. The molecule has 0 spiro atoms. The number of carbonyl (C=O) groups excluding carboxylic acids is 1. The number of anilines is 1. The van der Waals surface area contributed by atoms with E-state index in [1.807, 2.05) is 31.2 Å². The highest BCUT2D eigenvalue weighted by molar-refractivity contribution is 5.95. The van der Waals surface area contributed by atoms with Gasteiger partial charge in [0.2, 0.25) is 0 Å². The van der Waals surface area contributed by atoms with E-state index in [0.717, 1.165) is 11.3 Å².